The highest BCUT2D eigenvalue weighted by atomic mass is 32.1. The standard InChI is InChI=1S/C13H5F6N3S2/c14-12(15,16)8-4-23-10(21-8)6-2-1-3-7(20-6)11-22-9(5-24-11)13(17,18)19/h1-5H. The molecule has 0 saturated heterocycles. The minimum absolute atomic E-state index is 0.0248. The third-order valence-electron chi connectivity index (χ3n) is 2.78. The van der Waals surface area contributed by atoms with Crippen LogP contribution in [0.3, 0.4) is 0 Å². The molecule has 0 saturated carbocycles. The van der Waals surface area contributed by atoms with Gasteiger partial charge in [0, 0.05) is 10.8 Å². The van der Waals surface area contributed by atoms with Crippen molar-refractivity contribution in [1.82, 2.24) is 15.0 Å². The van der Waals surface area contributed by atoms with Crippen LogP contribution in [0, 0.1) is 0 Å². The van der Waals surface area contributed by atoms with Crippen molar-refractivity contribution in [2.24, 2.45) is 0 Å². The van der Waals surface area contributed by atoms with E-state index in [2.05, 4.69) is 15.0 Å². The largest absolute Gasteiger partial charge is 0.434 e. The predicted molar refractivity (Wildman–Crippen MR) is 76.5 cm³/mol. The highest BCUT2D eigenvalue weighted by Crippen LogP contribution is 2.35. The Morgan fingerprint density at radius 3 is 1.42 bits per heavy atom. The van der Waals surface area contributed by atoms with E-state index < -0.39 is 23.7 Å². The molecule has 0 aromatic carbocycles. The number of rotatable bonds is 2. The molecule has 0 N–H and O–H groups in total. The summed E-state index contributed by atoms with van der Waals surface area (Å²) in [5.41, 5.74) is -1.81. The third kappa shape index (κ3) is 3.41. The highest BCUT2D eigenvalue weighted by Gasteiger charge is 2.35. The molecule has 3 nitrogen and oxygen atoms in total. The summed E-state index contributed by atoms with van der Waals surface area (Å²) in [7, 11) is 0. The molecule has 0 amide bonds. The van der Waals surface area contributed by atoms with Gasteiger partial charge < -0.3 is 0 Å². The van der Waals surface area contributed by atoms with Crippen LogP contribution in [0.2, 0.25) is 0 Å². The first-order valence-electron chi connectivity index (χ1n) is 6.18. The molecule has 0 fully saturated rings. The van der Waals surface area contributed by atoms with Gasteiger partial charge in [-0.2, -0.15) is 26.3 Å². The van der Waals surface area contributed by atoms with Crippen LogP contribution in [0.5, 0.6) is 0 Å². The maximum atomic E-state index is 12.6. The molecule has 0 aliphatic rings. The van der Waals surface area contributed by atoms with Crippen molar-refractivity contribution in [2.45, 2.75) is 12.4 Å². The number of aromatic nitrogens is 3. The van der Waals surface area contributed by atoms with Crippen LogP contribution >= 0.6 is 22.7 Å². The van der Waals surface area contributed by atoms with Gasteiger partial charge in [0.15, 0.2) is 11.4 Å². The molecule has 3 aromatic rings. The summed E-state index contributed by atoms with van der Waals surface area (Å²) >= 11 is 1.50. The lowest BCUT2D eigenvalue weighted by atomic mass is 10.3. The number of halogens is 6. The fraction of sp³-hybridized carbons (Fsp3) is 0.154. The first-order valence-corrected chi connectivity index (χ1v) is 7.94. The summed E-state index contributed by atoms with van der Waals surface area (Å²) in [6.07, 6.45) is -9.13. The molecule has 24 heavy (non-hydrogen) atoms. The van der Waals surface area contributed by atoms with Gasteiger partial charge in [-0.15, -0.1) is 22.7 Å². The zero-order valence-electron chi connectivity index (χ0n) is 11.3. The van der Waals surface area contributed by atoms with Crippen molar-refractivity contribution < 1.29 is 26.3 Å². The lowest BCUT2D eigenvalue weighted by molar-refractivity contribution is -0.141. The molecular formula is C13H5F6N3S2. The van der Waals surface area contributed by atoms with Gasteiger partial charge in [0.05, 0.1) is 11.4 Å². The Kier molecular flexibility index (Phi) is 4.08. The highest BCUT2D eigenvalue weighted by molar-refractivity contribution is 7.13. The molecule has 0 radical (unpaired) electrons. The van der Waals surface area contributed by atoms with E-state index in [0.29, 0.717) is 0 Å². The number of pyridine rings is 1. The minimum Gasteiger partial charge on any atom is -0.243 e. The number of hydrogen-bond acceptors (Lipinski definition) is 5. The lowest BCUT2D eigenvalue weighted by Crippen LogP contribution is -2.05. The average Bonchev–Trinajstić information content (AvgIpc) is 3.16. The molecule has 3 heterocycles. The van der Waals surface area contributed by atoms with Crippen LogP contribution in [0.1, 0.15) is 11.4 Å². The van der Waals surface area contributed by atoms with Crippen LogP contribution in [0.15, 0.2) is 29.0 Å². The monoisotopic (exact) mass is 381 g/mol. The minimum atomic E-state index is -4.57. The number of nitrogens with zero attached hydrogens (tertiary/aromatic N) is 3. The average molecular weight is 381 g/mol. The van der Waals surface area contributed by atoms with Crippen molar-refractivity contribution in [3.05, 3.63) is 40.3 Å². The fourth-order valence-corrected chi connectivity index (χ4v) is 3.31. The van der Waals surface area contributed by atoms with E-state index >= 15 is 0 Å². The molecule has 126 valence electrons. The van der Waals surface area contributed by atoms with Crippen molar-refractivity contribution in [2.75, 3.05) is 0 Å². The molecular weight excluding hydrogens is 376 g/mol. The Bertz CT molecular complexity index is 797. The van der Waals surface area contributed by atoms with Crippen molar-refractivity contribution in [3.8, 4) is 21.4 Å². The van der Waals surface area contributed by atoms with Crippen LogP contribution in [-0.2, 0) is 12.4 Å². The molecule has 0 aliphatic heterocycles. The van der Waals surface area contributed by atoms with Crippen molar-refractivity contribution in [1.29, 1.82) is 0 Å². The third-order valence-corrected chi connectivity index (χ3v) is 4.51. The zero-order valence-corrected chi connectivity index (χ0v) is 12.9. The second-order valence-corrected chi connectivity index (χ2v) is 6.20. The predicted octanol–water partition coefficient (Wildman–Crippen LogP) is 5.37. The maximum Gasteiger partial charge on any atom is 0.434 e. The van der Waals surface area contributed by atoms with Gasteiger partial charge in [0.25, 0.3) is 0 Å². The fourth-order valence-electron chi connectivity index (χ4n) is 1.72. The smallest absolute Gasteiger partial charge is 0.243 e. The molecule has 0 spiro atoms. The van der Waals surface area contributed by atoms with Gasteiger partial charge in [-0.1, -0.05) is 6.07 Å². The Morgan fingerprint density at radius 2 is 1.08 bits per heavy atom. The Balaban J connectivity index is 1.95. The van der Waals surface area contributed by atoms with Crippen LogP contribution in [0.25, 0.3) is 21.4 Å². The van der Waals surface area contributed by atoms with Gasteiger partial charge in [0.1, 0.15) is 10.0 Å². The Morgan fingerprint density at radius 1 is 0.667 bits per heavy atom. The van der Waals surface area contributed by atoms with Crippen molar-refractivity contribution in [3.63, 3.8) is 0 Å². The summed E-state index contributed by atoms with van der Waals surface area (Å²) in [5.74, 6) is 0. The normalized spacial score (nSPS) is 12.6. The number of hydrogen-bond donors (Lipinski definition) is 0. The summed E-state index contributed by atoms with van der Waals surface area (Å²) < 4.78 is 75.5. The summed E-state index contributed by atoms with van der Waals surface area (Å²) in [5, 5.41) is 1.76. The summed E-state index contributed by atoms with van der Waals surface area (Å²) in [6, 6.07) is 4.34. The van der Waals surface area contributed by atoms with Gasteiger partial charge >= 0.3 is 12.4 Å². The summed E-state index contributed by atoms with van der Waals surface area (Å²) in [6.45, 7) is 0. The van der Waals surface area contributed by atoms with Crippen LogP contribution in [0.4, 0.5) is 26.3 Å². The van der Waals surface area contributed by atoms with E-state index in [9.17, 15) is 26.3 Å². The molecule has 3 rings (SSSR count). The quantitative estimate of drug-likeness (QED) is 0.561. The zero-order chi connectivity index (χ0) is 17.5. The molecule has 0 atom stereocenters. The molecule has 3 aromatic heterocycles. The first kappa shape index (κ1) is 16.8. The lowest BCUT2D eigenvalue weighted by Gasteiger charge is -2.02. The molecule has 0 aliphatic carbocycles. The van der Waals surface area contributed by atoms with Crippen molar-refractivity contribution >= 4 is 22.7 Å². The van der Waals surface area contributed by atoms with Crippen LogP contribution in [-0.4, -0.2) is 15.0 Å². The maximum absolute atomic E-state index is 12.6. The van der Waals surface area contributed by atoms with E-state index in [0.717, 1.165) is 33.4 Å². The second kappa shape index (κ2) is 5.81. The molecule has 11 heteroatoms. The van der Waals surface area contributed by atoms with Gasteiger partial charge in [-0.3, -0.25) is 0 Å². The van der Waals surface area contributed by atoms with Gasteiger partial charge in [-0.25, -0.2) is 15.0 Å². The van der Waals surface area contributed by atoms with E-state index in [1.165, 1.54) is 18.2 Å². The van der Waals surface area contributed by atoms with Crippen LogP contribution < -0.4 is 0 Å². The topological polar surface area (TPSA) is 38.7 Å². The van der Waals surface area contributed by atoms with E-state index in [1.807, 2.05) is 0 Å². The second-order valence-electron chi connectivity index (χ2n) is 4.48. The SMILES string of the molecule is FC(F)(F)c1csc(-c2cccc(-c3nc(C(F)(F)F)cs3)n2)n1. The first-order chi connectivity index (χ1) is 11.1. The van der Waals surface area contributed by atoms with E-state index in [4.69, 9.17) is 0 Å². The van der Waals surface area contributed by atoms with E-state index in [1.54, 1.807) is 0 Å². The van der Waals surface area contributed by atoms with E-state index in [-0.39, 0.29) is 21.4 Å². The number of thiazole rings is 2. The molecule has 0 bridgehead atoms. The Labute approximate surface area is 138 Å². The van der Waals surface area contributed by atoms with Gasteiger partial charge in [-0.05, 0) is 12.1 Å². The Hall–Kier alpha value is -2.01. The summed E-state index contributed by atoms with van der Waals surface area (Å²) in [4.78, 5) is 11.0. The van der Waals surface area contributed by atoms with Gasteiger partial charge in [0.2, 0.25) is 0 Å². The number of alkyl halides is 6. The molecule has 0 unspecified atom stereocenters.